The summed E-state index contributed by atoms with van der Waals surface area (Å²) in [5, 5.41) is 10.5. The molecule has 0 heterocycles. The first kappa shape index (κ1) is 15.1. The summed E-state index contributed by atoms with van der Waals surface area (Å²) in [6.07, 6.45) is 0. The standard InChI is InChI=1S/C11H15NO2.K/c1-3-12(4-2)10-7-5-9(6-8-10)11(13)14;/h5-8H,3-4H2,1-2H3,(H,13,14);/q;+1/p-1. The molecule has 0 aliphatic rings. The van der Waals surface area contributed by atoms with E-state index < -0.39 is 5.97 Å². The first-order chi connectivity index (χ1) is 6.69. The van der Waals surface area contributed by atoms with Crippen molar-refractivity contribution >= 4 is 11.7 Å². The van der Waals surface area contributed by atoms with Crippen molar-refractivity contribution in [1.82, 2.24) is 0 Å². The van der Waals surface area contributed by atoms with Crippen LogP contribution in [0.3, 0.4) is 0 Å². The van der Waals surface area contributed by atoms with Gasteiger partial charge in [-0.3, -0.25) is 0 Å². The summed E-state index contributed by atoms with van der Waals surface area (Å²) in [5.41, 5.74) is 1.26. The van der Waals surface area contributed by atoms with Gasteiger partial charge in [-0.25, -0.2) is 0 Å². The molecule has 76 valence electrons. The van der Waals surface area contributed by atoms with Crippen LogP contribution >= 0.6 is 0 Å². The average Bonchev–Trinajstić information content (AvgIpc) is 2.20. The third-order valence-corrected chi connectivity index (χ3v) is 2.23. The number of nitrogens with zero attached hydrogens (tertiary/aromatic N) is 1. The van der Waals surface area contributed by atoms with Crippen LogP contribution < -0.4 is 61.4 Å². The van der Waals surface area contributed by atoms with Gasteiger partial charge in [0.15, 0.2) is 0 Å². The SMILES string of the molecule is CCN(CC)c1ccc(C(=O)[O-])cc1.[K+]. The molecular formula is C11H14KNO2. The summed E-state index contributed by atoms with van der Waals surface area (Å²) in [5.74, 6) is -1.13. The molecule has 0 N–H and O–H groups in total. The van der Waals surface area contributed by atoms with Gasteiger partial charge in [0, 0.05) is 18.8 Å². The Balaban J connectivity index is 0.00000196. The van der Waals surface area contributed by atoms with E-state index in [9.17, 15) is 9.90 Å². The van der Waals surface area contributed by atoms with Crippen LogP contribution in [-0.4, -0.2) is 19.1 Å². The van der Waals surface area contributed by atoms with E-state index >= 15 is 0 Å². The number of hydrogen-bond acceptors (Lipinski definition) is 3. The van der Waals surface area contributed by atoms with E-state index in [4.69, 9.17) is 0 Å². The van der Waals surface area contributed by atoms with Crippen LogP contribution in [0.1, 0.15) is 24.2 Å². The summed E-state index contributed by atoms with van der Waals surface area (Å²) < 4.78 is 0. The van der Waals surface area contributed by atoms with Crippen molar-refractivity contribution in [3.05, 3.63) is 29.8 Å². The zero-order valence-corrected chi connectivity index (χ0v) is 12.6. The number of carbonyl (C=O) groups excluding carboxylic acids is 1. The number of rotatable bonds is 4. The molecule has 0 aromatic heterocycles. The van der Waals surface area contributed by atoms with Gasteiger partial charge in [-0.2, -0.15) is 0 Å². The molecule has 0 spiro atoms. The Hall–Kier alpha value is 0.126. The molecule has 0 fully saturated rings. The number of anilines is 1. The minimum absolute atomic E-state index is 0. The van der Waals surface area contributed by atoms with Gasteiger partial charge in [-0.15, -0.1) is 0 Å². The van der Waals surface area contributed by atoms with Crippen molar-refractivity contribution in [1.29, 1.82) is 0 Å². The number of carboxylic acids is 1. The van der Waals surface area contributed by atoms with E-state index in [1.54, 1.807) is 24.3 Å². The van der Waals surface area contributed by atoms with E-state index in [1.165, 1.54) is 0 Å². The third kappa shape index (κ3) is 4.24. The van der Waals surface area contributed by atoms with E-state index in [1.807, 2.05) is 0 Å². The second-order valence-electron chi connectivity index (χ2n) is 3.01. The first-order valence-electron chi connectivity index (χ1n) is 4.75. The van der Waals surface area contributed by atoms with Crippen LogP contribution in [0.15, 0.2) is 24.3 Å². The van der Waals surface area contributed by atoms with Gasteiger partial charge in [-0.05, 0) is 31.5 Å². The molecule has 0 aliphatic carbocycles. The molecule has 0 saturated carbocycles. The smallest absolute Gasteiger partial charge is 0.545 e. The summed E-state index contributed by atoms with van der Waals surface area (Å²) in [6.45, 7) is 5.97. The summed E-state index contributed by atoms with van der Waals surface area (Å²) in [6, 6.07) is 6.75. The Morgan fingerprint density at radius 2 is 1.67 bits per heavy atom. The van der Waals surface area contributed by atoms with Gasteiger partial charge in [0.1, 0.15) is 0 Å². The van der Waals surface area contributed by atoms with Crippen LogP contribution in [0.25, 0.3) is 0 Å². The van der Waals surface area contributed by atoms with Gasteiger partial charge < -0.3 is 14.8 Å². The summed E-state index contributed by atoms with van der Waals surface area (Å²) in [7, 11) is 0. The molecule has 1 aromatic rings. The molecule has 0 unspecified atom stereocenters. The second kappa shape index (κ2) is 7.41. The maximum atomic E-state index is 10.5. The van der Waals surface area contributed by atoms with Gasteiger partial charge in [-0.1, -0.05) is 12.1 Å². The van der Waals surface area contributed by atoms with Crippen molar-refractivity contribution in [2.24, 2.45) is 0 Å². The second-order valence-corrected chi connectivity index (χ2v) is 3.01. The Labute approximate surface area is 133 Å². The van der Waals surface area contributed by atoms with Gasteiger partial charge in [0.25, 0.3) is 0 Å². The predicted octanol–water partition coefficient (Wildman–Crippen LogP) is -2.10. The molecule has 0 atom stereocenters. The molecule has 15 heavy (non-hydrogen) atoms. The average molecular weight is 231 g/mol. The normalized spacial score (nSPS) is 9.20. The van der Waals surface area contributed by atoms with Crippen LogP contribution in [0.4, 0.5) is 5.69 Å². The minimum Gasteiger partial charge on any atom is -0.545 e. The molecule has 4 heteroatoms. The largest absolute Gasteiger partial charge is 1.00 e. The first-order valence-corrected chi connectivity index (χ1v) is 4.75. The van der Waals surface area contributed by atoms with Crippen molar-refractivity contribution in [2.45, 2.75) is 13.8 Å². The van der Waals surface area contributed by atoms with E-state index in [0.717, 1.165) is 18.8 Å². The molecule has 0 aliphatic heterocycles. The van der Waals surface area contributed by atoms with Crippen LogP contribution in [0, 0.1) is 0 Å². The minimum atomic E-state index is -1.13. The van der Waals surface area contributed by atoms with Crippen molar-refractivity contribution < 1.29 is 61.3 Å². The van der Waals surface area contributed by atoms with Crippen LogP contribution in [0.5, 0.6) is 0 Å². The number of carboxylic acid groups (broad SMARTS) is 1. The third-order valence-electron chi connectivity index (χ3n) is 2.23. The monoisotopic (exact) mass is 231 g/mol. The van der Waals surface area contributed by atoms with Gasteiger partial charge in [0.05, 0.1) is 5.97 Å². The molecule has 0 saturated heterocycles. The fourth-order valence-electron chi connectivity index (χ4n) is 1.40. The fraction of sp³-hybridized carbons (Fsp3) is 0.364. The summed E-state index contributed by atoms with van der Waals surface area (Å²) in [4.78, 5) is 12.6. The van der Waals surface area contributed by atoms with Gasteiger partial charge in [0.2, 0.25) is 0 Å². The van der Waals surface area contributed by atoms with Crippen molar-refractivity contribution in [2.75, 3.05) is 18.0 Å². The molecule has 3 nitrogen and oxygen atoms in total. The quantitative estimate of drug-likeness (QED) is 0.558. The van der Waals surface area contributed by atoms with Gasteiger partial charge >= 0.3 is 51.4 Å². The van der Waals surface area contributed by atoms with Crippen LogP contribution in [-0.2, 0) is 0 Å². The predicted molar refractivity (Wildman–Crippen MR) is 54.3 cm³/mol. The topological polar surface area (TPSA) is 43.4 Å². The van der Waals surface area contributed by atoms with E-state index in [0.29, 0.717) is 0 Å². The van der Waals surface area contributed by atoms with Crippen molar-refractivity contribution in [3.8, 4) is 0 Å². The number of benzene rings is 1. The number of aromatic carboxylic acids is 1. The molecule has 1 rings (SSSR count). The van der Waals surface area contributed by atoms with E-state index in [2.05, 4.69) is 18.7 Å². The zero-order chi connectivity index (χ0) is 10.6. The van der Waals surface area contributed by atoms with Crippen LogP contribution in [0.2, 0.25) is 0 Å². The number of hydrogen-bond donors (Lipinski definition) is 0. The zero-order valence-electron chi connectivity index (χ0n) is 9.49. The Bertz CT molecular complexity index is 307. The molecule has 1 aromatic carbocycles. The van der Waals surface area contributed by atoms with E-state index in [-0.39, 0.29) is 56.9 Å². The Kier molecular flexibility index (Phi) is 7.47. The summed E-state index contributed by atoms with van der Waals surface area (Å²) >= 11 is 0. The molecule has 0 amide bonds. The van der Waals surface area contributed by atoms with Crippen molar-refractivity contribution in [3.63, 3.8) is 0 Å². The Morgan fingerprint density at radius 1 is 1.20 bits per heavy atom. The molecule has 0 radical (unpaired) electrons. The number of carbonyl (C=O) groups is 1. The molecule has 0 bridgehead atoms. The maximum Gasteiger partial charge on any atom is 1.00 e. The molecular weight excluding hydrogens is 217 g/mol. The fourth-order valence-corrected chi connectivity index (χ4v) is 1.40. The maximum absolute atomic E-state index is 10.5. The Morgan fingerprint density at radius 3 is 2.00 bits per heavy atom.